The van der Waals surface area contributed by atoms with Crippen LogP contribution in [0.3, 0.4) is 0 Å². The summed E-state index contributed by atoms with van der Waals surface area (Å²) in [5.41, 5.74) is 0.878. The highest BCUT2D eigenvalue weighted by atomic mass is 16.5. The molecule has 0 radical (unpaired) electrons. The normalized spacial score (nSPS) is 11.5. The van der Waals surface area contributed by atoms with Crippen molar-refractivity contribution in [3.05, 3.63) is 48.2 Å². The maximum Gasteiger partial charge on any atom is 0.408 e. The predicted octanol–water partition coefficient (Wildman–Crippen LogP) is 1.67. The minimum absolute atomic E-state index is 0.154. The van der Waals surface area contributed by atoms with E-state index in [4.69, 9.17) is 4.74 Å². The molecule has 0 aliphatic heterocycles. The fraction of sp³-hybridized carbons (Fsp3) is 0.267. The van der Waals surface area contributed by atoms with Gasteiger partial charge in [0.05, 0.1) is 0 Å². The van der Waals surface area contributed by atoms with Gasteiger partial charge in [0.15, 0.2) is 5.82 Å². The molecule has 2 N–H and O–H groups in total. The Bertz CT molecular complexity index is 639. The van der Waals surface area contributed by atoms with Gasteiger partial charge in [-0.3, -0.25) is 9.48 Å². The fourth-order valence-corrected chi connectivity index (χ4v) is 1.72. The quantitative estimate of drug-likeness (QED) is 0.880. The number of hydrogen-bond donors (Lipinski definition) is 2. The third-order valence-electron chi connectivity index (χ3n) is 2.91. The van der Waals surface area contributed by atoms with Crippen LogP contribution in [0, 0.1) is 0 Å². The first-order valence-corrected chi connectivity index (χ1v) is 6.82. The van der Waals surface area contributed by atoms with Crippen molar-refractivity contribution < 1.29 is 14.3 Å². The van der Waals surface area contributed by atoms with Crippen LogP contribution in [0.2, 0.25) is 0 Å². The molecule has 1 atom stereocenters. The molecule has 1 aromatic carbocycles. The largest absolute Gasteiger partial charge is 0.445 e. The van der Waals surface area contributed by atoms with Gasteiger partial charge in [-0.05, 0) is 12.5 Å². The highest BCUT2D eigenvalue weighted by molar-refractivity contribution is 5.95. The number of nitrogens with one attached hydrogen (secondary N) is 2. The van der Waals surface area contributed by atoms with E-state index in [1.807, 2.05) is 30.3 Å². The first kappa shape index (κ1) is 15.6. The summed E-state index contributed by atoms with van der Waals surface area (Å²) < 4.78 is 6.62. The third-order valence-corrected chi connectivity index (χ3v) is 2.91. The molecule has 2 amide bonds. The molecule has 7 heteroatoms. The van der Waals surface area contributed by atoms with Gasteiger partial charge < -0.3 is 15.4 Å². The molecule has 0 aliphatic rings. The molecule has 0 aliphatic carbocycles. The molecular weight excluding hydrogens is 284 g/mol. The van der Waals surface area contributed by atoms with Crippen molar-refractivity contribution in [1.29, 1.82) is 0 Å². The summed E-state index contributed by atoms with van der Waals surface area (Å²) in [5.74, 6) is 0.0640. The monoisotopic (exact) mass is 302 g/mol. The van der Waals surface area contributed by atoms with Gasteiger partial charge in [-0.1, -0.05) is 30.3 Å². The van der Waals surface area contributed by atoms with Crippen LogP contribution < -0.4 is 10.6 Å². The summed E-state index contributed by atoms with van der Waals surface area (Å²) in [4.78, 5) is 23.6. The first-order chi connectivity index (χ1) is 10.5. The molecule has 116 valence electrons. The molecule has 1 aromatic heterocycles. The highest BCUT2D eigenvalue weighted by Gasteiger charge is 2.17. The minimum atomic E-state index is -0.731. The van der Waals surface area contributed by atoms with E-state index in [2.05, 4.69) is 15.7 Å². The summed E-state index contributed by atoms with van der Waals surface area (Å²) in [6.07, 6.45) is 1.06. The lowest BCUT2D eigenvalue weighted by atomic mass is 10.2. The zero-order chi connectivity index (χ0) is 15.9. The van der Waals surface area contributed by atoms with Crippen LogP contribution in [0.1, 0.15) is 12.5 Å². The molecule has 0 unspecified atom stereocenters. The molecule has 0 spiro atoms. The van der Waals surface area contributed by atoms with Crippen molar-refractivity contribution in [3.63, 3.8) is 0 Å². The Kier molecular flexibility index (Phi) is 5.13. The van der Waals surface area contributed by atoms with Crippen molar-refractivity contribution in [3.8, 4) is 0 Å². The summed E-state index contributed by atoms with van der Waals surface area (Å²) in [7, 11) is 1.75. The van der Waals surface area contributed by atoms with Crippen molar-refractivity contribution in [1.82, 2.24) is 15.1 Å². The zero-order valence-electron chi connectivity index (χ0n) is 12.4. The Morgan fingerprint density at radius 3 is 2.64 bits per heavy atom. The number of carbonyl (C=O) groups is 2. The van der Waals surface area contributed by atoms with Gasteiger partial charge in [0.1, 0.15) is 12.6 Å². The Hall–Kier alpha value is -2.83. The van der Waals surface area contributed by atoms with Crippen LogP contribution >= 0.6 is 0 Å². The molecule has 7 nitrogen and oxygen atoms in total. The molecule has 0 fully saturated rings. The van der Waals surface area contributed by atoms with Crippen molar-refractivity contribution in [2.24, 2.45) is 7.05 Å². The number of carbonyl (C=O) groups excluding carboxylic acids is 2. The zero-order valence-corrected chi connectivity index (χ0v) is 12.4. The summed E-state index contributed by atoms with van der Waals surface area (Å²) in [6, 6.07) is 10.2. The maximum atomic E-state index is 11.9. The molecular formula is C15H18N4O3. The molecule has 0 bridgehead atoms. The van der Waals surface area contributed by atoms with Crippen molar-refractivity contribution in [2.45, 2.75) is 19.6 Å². The summed E-state index contributed by atoms with van der Waals surface area (Å²) >= 11 is 0. The molecule has 2 rings (SSSR count). The lowest BCUT2D eigenvalue weighted by Gasteiger charge is -2.13. The van der Waals surface area contributed by atoms with Gasteiger partial charge in [0, 0.05) is 19.3 Å². The number of hydrogen-bond acceptors (Lipinski definition) is 4. The molecule has 2 aromatic rings. The Labute approximate surface area is 128 Å². The van der Waals surface area contributed by atoms with Crippen LogP contribution in [-0.4, -0.2) is 27.8 Å². The smallest absolute Gasteiger partial charge is 0.408 e. The number of ether oxygens (including phenoxy) is 1. The number of amides is 2. The van der Waals surface area contributed by atoms with Gasteiger partial charge in [0.2, 0.25) is 5.91 Å². The number of aryl methyl sites for hydroxylation is 1. The van der Waals surface area contributed by atoms with E-state index in [9.17, 15) is 9.59 Å². The Morgan fingerprint density at radius 2 is 2.00 bits per heavy atom. The second-order valence-electron chi connectivity index (χ2n) is 4.79. The number of alkyl carbamates (subject to hydrolysis) is 1. The Morgan fingerprint density at radius 1 is 1.27 bits per heavy atom. The van der Waals surface area contributed by atoms with Crippen LogP contribution in [0.15, 0.2) is 42.6 Å². The van der Waals surface area contributed by atoms with E-state index < -0.39 is 12.1 Å². The molecule has 0 saturated carbocycles. The standard InChI is InChI=1S/C15H18N4O3/c1-11(14(20)17-13-8-9-19(2)18-13)16-15(21)22-10-12-6-4-3-5-7-12/h3-9,11H,10H2,1-2H3,(H,16,21)(H,17,18,20)/t11-/m0/s1. The molecule has 22 heavy (non-hydrogen) atoms. The van der Waals surface area contributed by atoms with E-state index in [0.717, 1.165) is 5.56 Å². The topological polar surface area (TPSA) is 85.2 Å². The van der Waals surface area contributed by atoms with E-state index in [-0.39, 0.29) is 12.5 Å². The number of rotatable bonds is 5. The van der Waals surface area contributed by atoms with Gasteiger partial charge in [-0.25, -0.2) is 4.79 Å². The summed E-state index contributed by atoms with van der Waals surface area (Å²) in [5, 5.41) is 9.10. The van der Waals surface area contributed by atoms with Crippen molar-refractivity contribution in [2.75, 3.05) is 5.32 Å². The lowest BCUT2D eigenvalue weighted by molar-refractivity contribution is -0.117. The van der Waals surface area contributed by atoms with E-state index in [1.54, 1.807) is 30.9 Å². The first-order valence-electron chi connectivity index (χ1n) is 6.82. The van der Waals surface area contributed by atoms with E-state index in [0.29, 0.717) is 5.82 Å². The average molecular weight is 302 g/mol. The second-order valence-corrected chi connectivity index (χ2v) is 4.79. The van der Waals surface area contributed by atoms with Gasteiger partial charge in [-0.2, -0.15) is 5.10 Å². The number of anilines is 1. The van der Waals surface area contributed by atoms with Crippen LogP contribution in [0.25, 0.3) is 0 Å². The number of benzene rings is 1. The average Bonchev–Trinajstić information content (AvgIpc) is 2.91. The highest BCUT2D eigenvalue weighted by Crippen LogP contribution is 2.03. The van der Waals surface area contributed by atoms with E-state index >= 15 is 0 Å². The summed E-state index contributed by atoms with van der Waals surface area (Å²) in [6.45, 7) is 1.73. The van der Waals surface area contributed by atoms with Gasteiger partial charge >= 0.3 is 6.09 Å². The van der Waals surface area contributed by atoms with E-state index in [1.165, 1.54) is 0 Å². The van der Waals surface area contributed by atoms with Gasteiger partial charge in [0.25, 0.3) is 0 Å². The second kappa shape index (κ2) is 7.26. The van der Waals surface area contributed by atoms with Crippen molar-refractivity contribution >= 4 is 17.8 Å². The van der Waals surface area contributed by atoms with Gasteiger partial charge in [-0.15, -0.1) is 0 Å². The van der Waals surface area contributed by atoms with Crippen LogP contribution in [0.5, 0.6) is 0 Å². The third kappa shape index (κ3) is 4.62. The lowest BCUT2D eigenvalue weighted by Crippen LogP contribution is -2.41. The van der Waals surface area contributed by atoms with Crippen LogP contribution in [0.4, 0.5) is 10.6 Å². The molecule has 1 heterocycles. The number of nitrogens with zero attached hydrogens (tertiary/aromatic N) is 2. The Balaban J connectivity index is 1.76. The van der Waals surface area contributed by atoms with Crippen LogP contribution in [-0.2, 0) is 23.2 Å². The molecule has 0 saturated heterocycles. The maximum absolute atomic E-state index is 11.9. The minimum Gasteiger partial charge on any atom is -0.445 e. The SMILES string of the molecule is C[C@H](NC(=O)OCc1ccccc1)C(=O)Nc1ccn(C)n1. The number of aromatic nitrogens is 2. The fourth-order valence-electron chi connectivity index (χ4n) is 1.72. The predicted molar refractivity (Wildman–Crippen MR) is 81.1 cm³/mol.